The molecule has 186 valence electrons. The van der Waals surface area contributed by atoms with Crippen molar-refractivity contribution in [3.8, 4) is 5.75 Å². The number of fused-ring (bicyclic) bond motifs is 1. The summed E-state index contributed by atoms with van der Waals surface area (Å²) >= 11 is 1.31. The van der Waals surface area contributed by atoms with Crippen LogP contribution in [0.25, 0.3) is 0 Å². The SMILES string of the molecule is O=C(NCCNC(=O)C1Cc2c(F)cccc2S1)c1ccc(O[C@H]2CC[C@@H](C(=O)O)CC2)cc1F. The molecule has 0 bridgehead atoms. The Bertz CT molecular complexity index is 1120. The van der Waals surface area contributed by atoms with Crippen molar-refractivity contribution in [1.82, 2.24) is 10.6 Å². The Morgan fingerprint density at radius 3 is 2.43 bits per heavy atom. The maximum Gasteiger partial charge on any atom is 0.306 e. The Morgan fingerprint density at radius 2 is 1.74 bits per heavy atom. The fourth-order valence-electron chi connectivity index (χ4n) is 4.32. The molecule has 1 unspecified atom stereocenters. The quantitative estimate of drug-likeness (QED) is 0.475. The summed E-state index contributed by atoms with van der Waals surface area (Å²) in [6.07, 6.45) is 2.31. The molecule has 35 heavy (non-hydrogen) atoms. The van der Waals surface area contributed by atoms with Crippen LogP contribution in [0.4, 0.5) is 8.78 Å². The van der Waals surface area contributed by atoms with Crippen LogP contribution in [0.2, 0.25) is 0 Å². The van der Waals surface area contributed by atoms with Crippen LogP contribution in [0.15, 0.2) is 41.3 Å². The predicted octanol–water partition coefficient (Wildman–Crippen LogP) is 3.55. The van der Waals surface area contributed by atoms with E-state index in [-0.39, 0.29) is 48.1 Å². The van der Waals surface area contributed by atoms with Crippen molar-refractivity contribution in [1.29, 1.82) is 0 Å². The Labute approximate surface area is 205 Å². The van der Waals surface area contributed by atoms with E-state index in [0.717, 1.165) is 11.0 Å². The van der Waals surface area contributed by atoms with E-state index in [1.165, 1.54) is 30.0 Å². The number of amides is 2. The zero-order valence-electron chi connectivity index (χ0n) is 18.9. The number of hydrogen-bond acceptors (Lipinski definition) is 5. The first-order chi connectivity index (χ1) is 16.8. The Morgan fingerprint density at radius 1 is 1.00 bits per heavy atom. The van der Waals surface area contributed by atoms with Gasteiger partial charge in [0.05, 0.1) is 22.8 Å². The minimum absolute atomic E-state index is 0.105. The molecule has 2 aromatic rings. The van der Waals surface area contributed by atoms with Gasteiger partial charge in [-0.15, -0.1) is 11.8 Å². The highest BCUT2D eigenvalue weighted by atomic mass is 32.2. The van der Waals surface area contributed by atoms with Gasteiger partial charge in [0.1, 0.15) is 17.4 Å². The maximum atomic E-state index is 14.5. The number of rotatable bonds is 8. The van der Waals surface area contributed by atoms with E-state index in [1.807, 2.05) is 0 Å². The summed E-state index contributed by atoms with van der Waals surface area (Å²) in [6, 6.07) is 8.76. The molecular weight excluding hydrogens is 478 g/mol. The number of halogens is 2. The van der Waals surface area contributed by atoms with Gasteiger partial charge in [-0.2, -0.15) is 0 Å². The molecule has 1 aliphatic carbocycles. The molecule has 0 radical (unpaired) electrons. The van der Waals surface area contributed by atoms with Crippen molar-refractivity contribution in [3.05, 3.63) is 59.2 Å². The summed E-state index contributed by atoms with van der Waals surface area (Å²) in [7, 11) is 0. The van der Waals surface area contributed by atoms with E-state index in [2.05, 4.69) is 10.6 Å². The van der Waals surface area contributed by atoms with Crippen LogP contribution in [-0.2, 0) is 16.0 Å². The second kappa shape index (κ2) is 11.1. The second-order valence-corrected chi connectivity index (χ2v) is 9.89. The molecule has 1 aliphatic heterocycles. The molecule has 4 rings (SSSR count). The summed E-state index contributed by atoms with van der Waals surface area (Å²) in [4.78, 5) is 36.5. The van der Waals surface area contributed by atoms with Crippen molar-refractivity contribution < 1.29 is 33.0 Å². The number of ether oxygens (including phenoxy) is 1. The average molecular weight is 505 g/mol. The van der Waals surface area contributed by atoms with Crippen LogP contribution in [0.3, 0.4) is 0 Å². The minimum Gasteiger partial charge on any atom is -0.490 e. The zero-order chi connectivity index (χ0) is 24.9. The van der Waals surface area contributed by atoms with Crippen molar-refractivity contribution in [2.75, 3.05) is 13.1 Å². The Kier molecular flexibility index (Phi) is 7.90. The fraction of sp³-hybridized carbons (Fsp3) is 0.400. The Hall–Kier alpha value is -3.14. The third kappa shape index (κ3) is 6.11. The highest BCUT2D eigenvalue weighted by Gasteiger charge is 2.30. The molecule has 3 N–H and O–H groups in total. The average Bonchev–Trinajstić information content (AvgIpc) is 3.28. The number of nitrogens with one attached hydrogen (secondary N) is 2. The van der Waals surface area contributed by atoms with Gasteiger partial charge in [0.2, 0.25) is 5.91 Å². The molecule has 0 aromatic heterocycles. The van der Waals surface area contributed by atoms with Crippen LogP contribution in [0.5, 0.6) is 5.75 Å². The molecule has 2 aliphatic rings. The van der Waals surface area contributed by atoms with E-state index in [0.29, 0.717) is 37.7 Å². The third-order valence-electron chi connectivity index (χ3n) is 6.25. The van der Waals surface area contributed by atoms with E-state index in [4.69, 9.17) is 9.84 Å². The van der Waals surface area contributed by atoms with E-state index in [1.54, 1.807) is 12.1 Å². The summed E-state index contributed by atoms with van der Waals surface area (Å²) in [5.41, 5.74) is 0.400. The molecule has 2 amide bonds. The highest BCUT2D eigenvalue weighted by molar-refractivity contribution is 8.01. The molecule has 2 aromatic carbocycles. The van der Waals surface area contributed by atoms with Gasteiger partial charge < -0.3 is 20.5 Å². The number of aliphatic carboxylic acids is 1. The maximum absolute atomic E-state index is 14.5. The van der Waals surface area contributed by atoms with Gasteiger partial charge >= 0.3 is 5.97 Å². The van der Waals surface area contributed by atoms with Crippen LogP contribution in [0.1, 0.15) is 41.6 Å². The minimum atomic E-state index is -0.803. The molecule has 1 atom stereocenters. The number of carbonyl (C=O) groups is 3. The molecule has 0 saturated heterocycles. The van der Waals surface area contributed by atoms with Crippen LogP contribution < -0.4 is 15.4 Å². The topological polar surface area (TPSA) is 105 Å². The van der Waals surface area contributed by atoms with Gasteiger partial charge in [0.15, 0.2) is 0 Å². The van der Waals surface area contributed by atoms with Gasteiger partial charge in [-0.1, -0.05) is 6.07 Å². The monoisotopic (exact) mass is 504 g/mol. The number of carbonyl (C=O) groups excluding carboxylic acids is 2. The number of hydrogen-bond donors (Lipinski definition) is 3. The first kappa shape index (κ1) is 25.0. The van der Waals surface area contributed by atoms with E-state index in [9.17, 15) is 23.2 Å². The van der Waals surface area contributed by atoms with Gasteiger partial charge in [0, 0.05) is 29.6 Å². The summed E-state index contributed by atoms with van der Waals surface area (Å²) in [5.74, 6) is -2.79. The van der Waals surface area contributed by atoms with E-state index < -0.39 is 22.9 Å². The van der Waals surface area contributed by atoms with Crippen LogP contribution in [0, 0.1) is 17.6 Å². The Balaban J connectivity index is 1.20. The molecule has 7 nitrogen and oxygen atoms in total. The number of carboxylic acids is 1. The third-order valence-corrected chi connectivity index (χ3v) is 7.55. The predicted molar refractivity (Wildman–Crippen MR) is 126 cm³/mol. The van der Waals surface area contributed by atoms with E-state index >= 15 is 0 Å². The van der Waals surface area contributed by atoms with Crippen molar-refractivity contribution in [3.63, 3.8) is 0 Å². The van der Waals surface area contributed by atoms with Crippen molar-refractivity contribution in [2.24, 2.45) is 5.92 Å². The summed E-state index contributed by atoms with van der Waals surface area (Å²) in [6.45, 7) is 0.260. The lowest BCUT2D eigenvalue weighted by Gasteiger charge is -2.26. The first-order valence-electron chi connectivity index (χ1n) is 11.5. The van der Waals surface area contributed by atoms with Gasteiger partial charge in [-0.3, -0.25) is 14.4 Å². The number of carboxylic acid groups (broad SMARTS) is 1. The smallest absolute Gasteiger partial charge is 0.306 e. The number of benzene rings is 2. The standard InChI is InChI=1S/C25H26F2N2O5S/c26-19-2-1-3-21-18(19)13-22(35-21)24(31)29-11-10-28-23(30)17-9-8-16(12-20(17)27)34-15-6-4-14(5-7-15)25(32)33/h1-3,8-9,12,14-15,22H,4-7,10-11,13H2,(H,28,30)(H,29,31)(H,32,33)/t14-,15+,22?. The molecule has 0 spiro atoms. The molecule has 1 saturated carbocycles. The lowest BCUT2D eigenvalue weighted by Crippen LogP contribution is -2.38. The number of thioether (sulfide) groups is 1. The van der Waals surface area contributed by atoms with Gasteiger partial charge in [-0.25, -0.2) is 8.78 Å². The zero-order valence-corrected chi connectivity index (χ0v) is 19.7. The van der Waals surface area contributed by atoms with Gasteiger partial charge in [0.25, 0.3) is 5.91 Å². The van der Waals surface area contributed by atoms with Crippen molar-refractivity contribution in [2.45, 2.75) is 48.4 Å². The molecular formula is C25H26F2N2O5S. The second-order valence-electron chi connectivity index (χ2n) is 8.65. The highest BCUT2D eigenvalue weighted by Crippen LogP contribution is 2.38. The normalized spacial score (nSPS) is 21.1. The fourth-order valence-corrected chi connectivity index (χ4v) is 5.55. The molecule has 1 heterocycles. The van der Waals surface area contributed by atoms with Crippen LogP contribution >= 0.6 is 11.8 Å². The van der Waals surface area contributed by atoms with Gasteiger partial charge in [-0.05, 0) is 56.4 Å². The molecule has 10 heteroatoms. The first-order valence-corrected chi connectivity index (χ1v) is 12.4. The largest absolute Gasteiger partial charge is 0.490 e. The summed E-state index contributed by atoms with van der Waals surface area (Å²) < 4.78 is 34.1. The van der Waals surface area contributed by atoms with Crippen LogP contribution in [-0.4, -0.2) is 47.3 Å². The van der Waals surface area contributed by atoms with Crippen molar-refractivity contribution >= 4 is 29.5 Å². The summed E-state index contributed by atoms with van der Waals surface area (Å²) in [5, 5.41) is 13.9. The molecule has 1 fully saturated rings. The lowest BCUT2D eigenvalue weighted by atomic mass is 9.87. The lowest BCUT2D eigenvalue weighted by molar-refractivity contribution is -0.143.